The molecular weight excluding hydrogens is 202 g/mol. The van der Waals surface area contributed by atoms with Crippen LogP contribution in [0.5, 0.6) is 0 Å². The number of aliphatic hydroxyl groups excluding tert-OH is 1. The van der Waals surface area contributed by atoms with Gasteiger partial charge in [0.25, 0.3) is 0 Å². The number of aliphatic hydroxyl groups is 2. The molecule has 0 aliphatic carbocycles. The normalized spacial score (nSPS) is 14.0. The van der Waals surface area contributed by atoms with Gasteiger partial charge in [-0.1, -0.05) is 24.3 Å². The number of hydrogen-bond donors (Lipinski definition) is 2. The number of rotatable bonds is 2. The van der Waals surface area contributed by atoms with Crippen LogP contribution in [0.2, 0.25) is 0 Å². The van der Waals surface area contributed by atoms with Crippen molar-refractivity contribution < 1.29 is 10.2 Å². The molecule has 0 saturated carbocycles. The minimum Gasteiger partial charge on any atom is -0.387 e. The highest BCUT2D eigenvalue weighted by molar-refractivity contribution is 5.85. The summed E-state index contributed by atoms with van der Waals surface area (Å²) in [5, 5.41) is 21.8. The molecule has 0 aliphatic heterocycles. The molecule has 2 N–H and O–H groups in total. The monoisotopic (exact) mass is 217 g/mol. The van der Waals surface area contributed by atoms with Gasteiger partial charge in [-0.3, -0.25) is 4.98 Å². The highest BCUT2D eigenvalue weighted by atomic mass is 16.3. The molecule has 3 nitrogen and oxygen atoms in total. The van der Waals surface area contributed by atoms with Crippen molar-refractivity contribution in [3.63, 3.8) is 0 Å². The van der Waals surface area contributed by atoms with Crippen LogP contribution in [0.25, 0.3) is 10.8 Å². The molecule has 1 unspecified atom stereocenters. The van der Waals surface area contributed by atoms with E-state index in [0.717, 1.165) is 10.8 Å². The van der Waals surface area contributed by atoms with Crippen LogP contribution in [0.4, 0.5) is 0 Å². The lowest BCUT2D eigenvalue weighted by Crippen LogP contribution is -2.28. The fourth-order valence-corrected chi connectivity index (χ4v) is 1.74. The second-order valence-corrected chi connectivity index (χ2v) is 4.51. The topological polar surface area (TPSA) is 53.4 Å². The Morgan fingerprint density at radius 3 is 2.56 bits per heavy atom. The van der Waals surface area contributed by atoms with E-state index in [4.69, 9.17) is 0 Å². The van der Waals surface area contributed by atoms with Gasteiger partial charge in [0.1, 0.15) is 6.10 Å². The summed E-state index contributed by atoms with van der Waals surface area (Å²) in [6.45, 7) is 3.17. The van der Waals surface area contributed by atoms with E-state index >= 15 is 0 Å². The molecule has 0 aliphatic rings. The van der Waals surface area contributed by atoms with Crippen LogP contribution in [0, 0.1) is 0 Å². The smallest absolute Gasteiger partial charge is 0.109 e. The Balaban J connectivity index is 2.61. The average molecular weight is 217 g/mol. The number of benzene rings is 1. The third kappa shape index (κ3) is 1.92. The predicted molar refractivity (Wildman–Crippen MR) is 63.0 cm³/mol. The fourth-order valence-electron chi connectivity index (χ4n) is 1.74. The van der Waals surface area contributed by atoms with Crippen molar-refractivity contribution in [2.75, 3.05) is 0 Å². The van der Waals surface area contributed by atoms with Crippen molar-refractivity contribution >= 4 is 10.8 Å². The maximum absolute atomic E-state index is 10.1. The van der Waals surface area contributed by atoms with Crippen molar-refractivity contribution in [2.24, 2.45) is 0 Å². The minimum atomic E-state index is -1.17. The van der Waals surface area contributed by atoms with Gasteiger partial charge in [-0.05, 0) is 19.2 Å². The summed E-state index contributed by atoms with van der Waals surface area (Å²) in [4.78, 5) is 4.08. The second-order valence-electron chi connectivity index (χ2n) is 4.51. The Morgan fingerprint density at radius 2 is 1.88 bits per heavy atom. The quantitative estimate of drug-likeness (QED) is 0.809. The maximum Gasteiger partial charge on any atom is 0.109 e. The van der Waals surface area contributed by atoms with E-state index < -0.39 is 11.7 Å². The summed E-state index contributed by atoms with van der Waals surface area (Å²) >= 11 is 0. The minimum absolute atomic E-state index is 0.658. The molecule has 1 aromatic carbocycles. The van der Waals surface area contributed by atoms with E-state index in [2.05, 4.69) is 4.98 Å². The third-order valence-corrected chi connectivity index (χ3v) is 2.66. The molecule has 3 heteroatoms. The summed E-state index contributed by atoms with van der Waals surface area (Å²) < 4.78 is 0. The Labute approximate surface area is 94.4 Å². The number of nitrogens with zero attached hydrogens (tertiary/aromatic N) is 1. The van der Waals surface area contributed by atoms with Crippen LogP contribution in [-0.4, -0.2) is 20.8 Å². The number of aromatic nitrogens is 1. The molecular formula is C13H15NO2. The fraction of sp³-hybridized carbons (Fsp3) is 0.308. The van der Waals surface area contributed by atoms with Gasteiger partial charge < -0.3 is 10.2 Å². The van der Waals surface area contributed by atoms with E-state index in [1.165, 1.54) is 0 Å². The molecule has 1 heterocycles. The first-order valence-corrected chi connectivity index (χ1v) is 5.23. The van der Waals surface area contributed by atoms with Gasteiger partial charge in [0.15, 0.2) is 0 Å². The van der Waals surface area contributed by atoms with Gasteiger partial charge in [0, 0.05) is 23.3 Å². The van der Waals surface area contributed by atoms with Crippen LogP contribution in [-0.2, 0) is 0 Å². The summed E-state index contributed by atoms with van der Waals surface area (Å²) in [6, 6.07) is 7.68. The van der Waals surface area contributed by atoms with Crippen LogP contribution < -0.4 is 0 Å². The zero-order valence-corrected chi connectivity index (χ0v) is 9.38. The molecule has 0 radical (unpaired) electrons. The first-order chi connectivity index (χ1) is 7.50. The van der Waals surface area contributed by atoms with Crippen LogP contribution in [0.3, 0.4) is 0 Å². The largest absolute Gasteiger partial charge is 0.387 e. The van der Waals surface area contributed by atoms with E-state index in [1.54, 1.807) is 26.2 Å². The molecule has 0 bridgehead atoms. The van der Waals surface area contributed by atoms with Crippen molar-refractivity contribution in [3.05, 3.63) is 42.2 Å². The predicted octanol–water partition coefficient (Wildman–Crippen LogP) is 2.04. The zero-order valence-electron chi connectivity index (χ0n) is 9.38. The molecule has 16 heavy (non-hydrogen) atoms. The summed E-state index contributed by atoms with van der Waals surface area (Å²) in [7, 11) is 0. The number of fused-ring (bicyclic) bond motifs is 1. The molecule has 0 spiro atoms. The third-order valence-electron chi connectivity index (χ3n) is 2.66. The zero-order chi connectivity index (χ0) is 11.8. The highest BCUT2D eigenvalue weighted by Crippen LogP contribution is 2.29. The van der Waals surface area contributed by atoms with Gasteiger partial charge in [0.05, 0.1) is 5.60 Å². The Morgan fingerprint density at radius 1 is 1.19 bits per heavy atom. The highest BCUT2D eigenvalue weighted by Gasteiger charge is 2.27. The lowest BCUT2D eigenvalue weighted by molar-refractivity contribution is -0.0491. The molecule has 2 rings (SSSR count). The maximum atomic E-state index is 10.1. The Bertz CT molecular complexity index is 497. The molecule has 1 aromatic heterocycles. The molecule has 1 atom stereocenters. The number of hydrogen-bond acceptors (Lipinski definition) is 3. The summed E-state index contributed by atoms with van der Waals surface area (Å²) in [6.07, 6.45) is 2.41. The van der Waals surface area contributed by atoms with Gasteiger partial charge in [-0.15, -0.1) is 0 Å². The molecule has 0 amide bonds. The lowest BCUT2D eigenvalue weighted by atomic mass is 9.93. The standard InChI is InChI=1S/C13H15NO2/c1-13(2,16)12(15)11-8-14-7-9-5-3-4-6-10(9)11/h3-8,12,15-16H,1-2H3. The molecule has 0 fully saturated rings. The first-order valence-electron chi connectivity index (χ1n) is 5.23. The molecule has 0 saturated heterocycles. The SMILES string of the molecule is CC(C)(O)C(O)c1cncc2ccccc12. The van der Waals surface area contributed by atoms with Gasteiger partial charge in [0.2, 0.25) is 0 Å². The molecule has 2 aromatic rings. The van der Waals surface area contributed by atoms with E-state index in [1.807, 2.05) is 24.3 Å². The first kappa shape index (κ1) is 11.0. The lowest BCUT2D eigenvalue weighted by Gasteiger charge is -2.25. The van der Waals surface area contributed by atoms with Gasteiger partial charge >= 0.3 is 0 Å². The second kappa shape index (κ2) is 3.85. The van der Waals surface area contributed by atoms with Crippen molar-refractivity contribution in [3.8, 4) is 0 Å². The van der Waals surface area contributed by atoms with Crippen molar-refractivity contribution in [1.29, 1.82) is 0 Å². The van der Waals surface area contributed by atoms with Crippen molar-refractivity contribution in [1.82, 2.24) is 4.98 Å². The summed E-state index contributed by atoms with van der Waals surface area (Å²) in [5.41, 5.74) is -0.517. The van der Waals surface area contributed by atoms with E-state index in [9.17, 15) is 10.2 Å². The van der Waals surface area contributed by atoms with Crippen LogP contribution >= 0.6 is 0 Å². The van der Waals surface area contributed by atoms with Crippen LogP contribution in [0.15, 0.2) is 36.7 Å². The van der Waals surface area contributed by atoms with Gasteiger partial charge in [-0.25, -0.2) is 0 Å². The summed E-state index contributed by atoms with van der Waals surface area (Å²) in [5.74, 6) is 0. The number of pyridine rings is 1. The Kier molecular flexibility index (Phi) is 2.66. The average Bonchev–Trinajstić information content (AvgIpc) is 2.26. The Hall–Kier alpha value is -1.45. The van der Waals surface area contributed by atoms with E-state index in [0.29, 0.717) is 5.56 Å². The van der Waals surface area contributed by atoms with Gasteiger partial charge in [-0.2, -0.15) is 0 Å². The van der Waals surface area contributed by atoms with Crippen molar-refractivity contribution in [2.45, 2.75) is 25.6 Å². The van der Waals surface area contributed by atoms with Crippen LogP contribution in [0.1, 0.15) is 25.5 Å². The van der Waals surface area contributed by atoms with E-state index in [-0.39, 0.29) is 0 Å². The molecule has 84 valence electrons.